The molecule has 0 aliphatic carbocycles. The third-order valence-corrected chi connectivity index (χ3v) is 5.98. The van der Waals surface area contributed by atoms with Gasteiger partial charge in [-0.3, -0.25) is 10.1 Å². The predicted octanol–water partition coefficient (Wildman–Crippen LogP) is 3.32. The van der Waals surface area contributed by atoms with Crippen LogP contribution in [0.1, 0.15) is 15.9 Å². The summed E-state index contributed by atoms with van der Waals surface area (Å²) in [5.41, 5.74) is 2.30. The third kappa shape index (κ3) is 3.98. The summed E-state index contributed by atoms with van der Waals surface area (Å²) in [6, 6.07) is 11.6. The Bertz CT molecular complexity index is 1070. The normalized spacial score (nSPS) is 11.4. The van der Waals surface area contributed by atoms with E-state index in [4.69, 9.17) is 0 Å². The van der Waals surface area contributed by atoms with E-state index in [0.29, 0.717) is 10.7 Å². The Balaban J connectivity index is 1.76. The highest BCUT2D eigenvalue weighted by atomic mass is 32.2. The van der Waals surface area contributed by atoms with E-state index < -0.39 is 10.0 Å². The minimum absolute atomic E-state index is 0.0892. The van der Waals surface area contributed by atoms with Crippen LogP contribution in [0.15, 0.2) is 60.0 Å². The zero-order chi connectivity index (χ0) is 18.7. The lowest BCUT2D eigenvalue weighted by atomic mass is 10.2. The van der Waals surface area contributed by atoms with Crippen LogP contribution in [0.25, 0.3) is 10.2 Å². The van der Waals surface area contributed by atoms with E-state index >= 15 is 0 Å². The van der Waals surface area contributed by atoms with Crippen LogP contribution < -0.4 is 10.0 Å². The lowest BCUT2D eigenvalue weighted by Gasteiger charge is -2.06. The molecule has 6 nitrogen and oxygen atoms in total. The van der Waals surface area contributed by atoms with Crippen molar-refractivity contribution in [3.05, 3.63) is 66.2 Å². The molecule has 8 heteroatoms. The minimum atomic E-state index is -3.61. The Morgan fingerprint density at radius 3 is 2.65 bits per heavy atom. The van der Waals surface area contributed by atoms with Crippen LogP contribution in [-0.4, -0.2) is 25.9 Å². The Hall–Kier alpha value is -2.55. The smallest absolute Gasteiger partial charge is 0.257 e. The molecule has 2 aromatic carbocycles. The lowest BCUT2D eigenvalue weighted by Crippen LogP contribution is -2.23. The SMILES string of the molecule is C=CCNS(=O)(=O)c1ccc(C(=O)Nc2nc3ccc(C)cc3s2)cc1. The number of benzene rings is 2. The second-order valence-corrected chi connectivity index (χ2v) is 8.41. The van der Waals surface area contributed by atoms with E-state index in [9.17, 15) is 13.2 Å². The molecule has 0 bridgehead atoms. The summed E-state index contributed by atoms with van der Waals surface area (Å²) in [5.74, 6) is -0.344. The average Bonchev–Trinajstić information content (AvgIpc) is 3.01. The van der Waals surface area contributed by atoms with Gasteiger partial charge in [0.05, 0.1) is 15.1 Å². The van der Waals surface area contributed by atoms with Gasteiger partial charge < -0.3 is 0 Å². The Kier molecular flexibility index (Phi) is 5.17. The van der Waals surface area contributed by atoms with Gasteiger partial charge >= 0.3 is 0 Å². The number of nitrogens with zero attached hydrogens (tertiary/aromatic N) is 1. The molecule has 0 radical (unpaired) electrons. The topological polar surface area (TPSA) is 88.2 Å². The molecule has 1 amide bonds. The monoisotopic (exact) mass is 387 g/mol. The van der Waals surface area contributed by atoms with Crippen LogP contribution >= 0.6 is 11.3 Å². The van der Waals surface area contributed by atoms with Gasteiger partial charge in [-0.1, -0.05) is 23.5 Å². The van der Waals surface area contributed by atoms with E-state index in [1.165, 1.54) is 41.7 Å². The molecule has 1 aromatic heterocycles. The number of anilines is 1. The predicted molar refractivity (Wildman–Crippen MR) is 104 cm³/mol. The number of rotatable bonds is 6. The number of nitrogens with one attached hydrogen (secondary N) is 2. The molecule has 1 heterocycles. The van der Waals surface area contributed by atoms with Crippen LogP contribution in [0.5, 0.6) is 0 Å². The number of aromatic nitrogens is 1. The number of hydrogen-bond acceptors (Lipinski definition) is 5. The number of carbonyl (C=O) groups excluding carboxylic acids is 1. The van der Waals surface area contributed by atoms with Crippen LogP contribution in [0.4, 0.5) is 5.13 Å². The summed E-state index contributed by atoms with van der Waals surface area (Å²) in [5, 5.41) is 3.25. The number of fused-ring (bicyclic) bond motifs is 1. The summed E-state index contributed by atoms with van der Waals surface area (Å²) in [6.45, 7) is 5.61. The highest BCUT2D eigenvalue weighted by Gasteiger charge is 2.15. The number of sulfonamides is 1. The maximum absolute atomic E-state index is 12.4. The fourth-order valence-corrected chi connectivity index (χ4v) is 4.25. The van der Waals surface area contributed by atoms with Crippen LogP contribution in [0.3, 0.4) is 0 Å². The van der Waals surface area contributed by atoms with Gasteiger partial charge in [0.2, 0.25) is 10.0 Å². The quantitative estimate of drug-likeness (QED) is 0.635. The molecular formula is C18H17N3O3S2. The molecule has 0 aliphatic rings. The number of hydrogen-bond donors (Lipinski definition) is 2. The molecule has 0 unspecified atom stereocenters. The first-order valence-corrected chi connectivity index (χ1v) is 10.1. The van der Waals surface area contributed by atoms with Gasteiger partial charge in [0.25, 0.3) is 5.91 Å². The zero-order valence-corrected chi connectivity index (χ0v) is 15.7. The average molecular weight is 387 g/mol. The second-order valence-electron chi connectivity index (χ2n) is 5.61. The van der Waals surface area contributed by atoms with Crippen LogP contribution in [-0.2, 0) is 10.0 Å². The van der Waals surface area contributed by atoms with Crippen molar-refractivity contribution in [2.24, 2.45) is 0 Å². The second kappa shape index (κ2) is 7.36. The molecule has 2 N–H and O–H groups in total. The van der Waals surface area contributed by atoms with Crippen LogP contribution in [0, 0.1) is 6.92 Å². The van der Waals surface area contributed by atoms with Gasteiger partial charge in [-0.15, -0.1) is 6.58 Å². The standard InChI is InChI=1S/C18H17N3O3S2/c1-3-10-19-26(23,24)14-7-5-13(6-8-14)17(22)21-18-20-15-9-4-12(2)11-16(15)25-18/h3-9,11,19H,1,10H2,2H3,(H,20,21,22). The molecule has 3 rings (SSSR count). The van der Waals surface area contributed by atoms with Crippen molar-refractivity contribution < 1.29 is 13.2 Å². The van der Waals surface area contributed by atoms with Crippen molar-refractivity contribution in [1.29, 1.82) is 0 Å². The number of amides is 1. The van der Waals surface area contributed by atoms with E-state index in [0.717, 1.165) is 15.8 Å². The maximum Gasteiger partial charge on any atom is 0.257 e. The largest absolute Gasteiger partial charge is 0.298 e. The van der Waals surface area contributed by atoms with Crippen molar-refractivity contribution in [3.8, 4) is 0 Å². The number of carbonyl (C=O) groups is 1. The van der Waals surface area contributed by atoms with Gasteiger partial charge in [-0.2, -0.15) is 0 Å². The summed E-state index contributed by atoms with van der Waals surface area (Å²) in [7, 11) is -3.61. The molecule has 0 fully saturated rings. The highest BCUT2D eigenvalue weighted by molar-refractivity contribution is 7.89. The molecule has 0 atom stereocenters. The van der Waals surface area contributed by atoms with Crippen LogP contribution in [0.2, 0.25) is 0 Å². The summed E-state index contributed by atoms with van der Waals surface area (Å²) in [6.07, 6.45) is 1.46. The van der Waals surface area contributed by atoms with E-state index in [1.807, 2.05) is 25.1 Å². The Morgan fingerprint density at radius 2 is 1.96 bits per heavy atom. The summed E-state index contributed by atoms with van der Waals surface area (Å²) < 4.78 is 27.4. The van der Waals surface area contributed by atoms with Crippen molar-refractivity contribution in [1.82, 2.24) is 9.71 Å². The van der Waals surface area contributed by atoms with Gasteiger partial charge in [-0.25, -0.2) is 18.1 Å². The van der Waals surface area contributed by atoms with Gasteiger partial charge in [0.15, 0.2) is 5.13 Å². The van der Waals surface area contributed by atoms with Gasteiger partial charge in [0.1, 0.15) is 0 Å². The molecule has 0 saturated carbocycles. The first kappa shape index (κ1) is 18.2. The molecule has 0 saturated heterocycles. The van der Waals surface area contributed by atoms with Crippen molar-refractivity contribution >= 4 is 42.6 Å². The Morgan fingerprint density at radius 1 is 1.23 bits per heavy atom. The van der Waals surface area contributed by atoms with E-state index in [1.54, 1.807) is 0 Å². The fraction of sp³-hybridized carbons (Fsp3) is 0.111. The van der Waals surface area contributed by atoms with E-state index in [2.05, 4.69) is 21.6 Å². The lowest BCUT2D eigenvalue weighted by molar-refractivity contribution is 0.102. The molecule has 3 aromatic rings. The third-order valence-electron chi connectivity index (χ3n) is 3.61. The summed E-state index contributed by atoms with van der Waals surface area (Å²) >= 11 is 1.39. The van der Waals surface area contributed by atoms with Crippen molar-refractivity contribution in [2.45, 2.75) is 11.8 Å². The molecule has 26 heavy (non-hydrogen) atoms. The first-order valence-electron chi connectivity index (χ1n) is 7.78. The van der Waals surface area contributed by atoms with Crippen molar-refractivity contribution in [3.63, 3.8) is 0 Å². The summed E-state index contributed by atoms with van der Waals surface area (Å²) in [4.78, 5) is 16.8. The molecule has 134 valence electrons. The fourth-order valence-electron chi connectivity index (χ4n) is 2.29. The van der Waals surface area contributed by atoms with Gasteiger partial charge in [0, 0.05) is 12.1 Å². The molecular weight excluding hydrogens is 370 g/mol. The Labute approximate surface area is 155 Å². The highest BCUT2D eigenvalue weighted by Crippen LogP contribution is 2.27. The van der Waals surface area contributed by atoms with Crippen molar-refractivity contribution in [2.75, 3.05) is 11.9 Å². The number of thiazole rings is 1. The van der Waals surface area contributed by atoms with Gasteiger partial charge in [-0.05, 0) is 48.9 Å². The molecule has 0 aliphatic heterocycles. The minimum Gasteiger partial charge on any atom is -0.298 e. The first-order chi connectivity index (χ1) is 12.4. The number of aryl methyl sites for hydroxylation is 1. The van der Waals surface area contributed by atoms with E-state index in [-0.39, 0.29) is 17.3 Å². The maximum atomic E-state index is 12.4. The molecule has 0 spiro atoms. The zero-order valence-electron chi connectivity index (χ0n) is 14.0.